The van der Waals surface area contributed by atoms with Crippen molar-refractivity contribution >= 4 is 33.8 Å². The van der Waals surface area contributed by atoms with Gasteiger partial charge in [-0.15, -0.1) is 0 Å². The van der Waals surface area contributed by atoms with E-state index in [0.29, 0.717) is 30.5 Å². The summed E-state index contributed by atoms with van der Waals surface area (Å²) in [6, 6.07) is 4.89. The van der Waals surface area contributed by atoms with E-state index in [9.17, 15) is 43.9 Å². The number of amides is 1. The molecule has 1 heterocycles. The minimum absolute atomic E-state index is 0.0233. The van der Waals surface area contributed by atoms with Gasteiger partial charge in [0.15, 0.2) is 9.84 Å². The van der Waals surface area contributed by atoms with E-state index in [-0.39, 0.29) is 65.1 Å². The molecule has 15 heteroatoms. The number of benzene rings is 2. The Morgan fingerprint density at radius 3 is 2.06 bits per heavy atom. The van der Waals surface area contributed by atoms with Crippen LogP contribution >= 0.6 is 11.6 Å². The molecule has 0 spiro atoms. The highest BCUT2D eigenvalue weighted by molar-refractivity contribution is 7.92. The average molecular weight is 716 g/mol. The van der Waals surface area contributed by atoms with Crippen molar-refractivity contribution in [3.05, 3.63) is 63.7 Å². The Morgan fingerprint density at radius 1 is 0.957 bits per heavy atom. The Labute approximate surface area is 274 Å². The van der Waals surface area contributed by atoms with Crippen molar-refractivity contribution in [3.8, 4) is 0 Å². The van der Waals surface area contributed by atoms with Crippen molar-refractivity contribution < 1.29 is 53.8 Å². The Bertz CT molecular complexity index is 1540. The molecule has 1 saturated carbocycles. The van der Waals surface area contributed by atoms with Gasteiger partial charge in [0.1, 0.15) is 4.75 Å². The van der Waals surface area contributed by atoms with Crippen LogP contribution in [0.5, 0.6) is 0 Å². The van der Waals surface area contributed by atoms with E-state index in [1.54, 1.807) is 6.92 Å². The van der Waals surface area contributed by atoms with Gasteiger partial charge in [0.25, 0.3) is 6.47 Å². The molecule has 1 saturated heterocycles. The van der Waals surface area contributed by atoms with E-state index in [1.165, 1.54) is 23.1 Å². The second kappa shape index (κ2) is 14.3. The Morgan fingerprint density at radius 2 is 1.53 bits per heavy atom. The fourth-order valence-electron chi connectivity index (χ4n) is 7.03. The SMILES string of the molecule is CC.Cc1ccc(S(=O)(=O)C23CCN(C(=O)C4CCCCC4)C2CCc2cc(C(F)(C(F)(F)F)C(F)(F)F)ccc23)cc1Cl.O=CO. The third-order valence-electron chi connectivity index (χ3n) is 9.24. The maximum Gasteiger partial charge on any atom is 0.435 e. The Hall–Kier alpha value is -2.87. The molecule has 2 unspecified atom stereocenters. The molecule has 2 fully saturated rings. The van der Waals surface area contributed by atoms with Crippen LogP contribution in [0.15, 0.2) is 41.3 Å². The molecule has 3 aliphatic rings. The highest BCUT2D eigenvalue weighted by Gasteiger charge is 2.74. The first-order chi connectivity index (χ1) is 21.9. The molecule has 1 N–H and O–H groups in total. The number of nitrogens with zero attached hydrogens (tertiary/aromatic N) is 1. The topological polar surface area (TPSA) is 91.8 Å². The van der Waals surface area contributed by atoms with Gasteiger partial charge in [-0.3, -0.25) is 9.59 Å². The van der Waals surface area contributed by atoms with Crippen molar-refractivity contribution in [1.29, 1.82) is 0 Å². The minimum Gasteiger partial charge on any atom is -0.483 e. The number of sulfone groups is 1. The number of aryl methyl sites for hydroxylation is 2. The van der Waals surface area contributed by atoms with E-state index in [2.05, 4.69) is 0 Å². The molecule has 47 heavy (non-hydrogen) atoms. The molecule has 1 amide bonds. The lowest BCUT2D eigenvalue weighted by atomic mass is 9.76. The number of rotatable bonds is 4. The number of fused-ring (bicyclic) bond motifs is 3. The molecule has 2 aliphatic carbocycles. The summed E-state index contributed by atoms with van der Waals surface area (Å²) >= 11 is 6.25. The van der Waals surface area contributed by atoms with Crippen LogP contribution in [0, 0.1) is 12.8 Å². The summed E-state index contributed by atoms with van der Waals surface area (Å²) in [6.07, 6.45) is -8.91. The molecule has 262 valence electrons. The number of likely N-dealkylation sites (tertiary alicyclic amines) is 1. The fourth-order valence-corrected chi connectivity index (χ4v) is 9.67. The number of carbonyl (C=O) groups is 2. The van der Waals surface area contributed by atoms with Crippen molar-refractivity contribution in [2.24, 2.45) is 5.92 Å². The number of hydrogen-bond donors (Lipinski definition) is 1. The number of alkyl halides is 7. The zero-order chi connectivity index (χ0) is 35.6. The molecule has 2 aromatic rings. The largest absolute Gasteiger partial charge is 0.483 e. The van der Waals surface area contributed by atoms with Gasteiger partial charge in [-0.1, -0.05) is 69.0 Å². The number of hydrogen-bond acceptors (Lipinski definition) is 4. The second-order valence-corrected chi connectivity index (χ2v) is 14.2. The molecule has 0 radical (unpaired) electrons. The molecule has 6 nitrogen and oxygen atoms in total. The van der Waals surface area contributed by atoms with Crippen LogP contribution in [0.2, 0.25) is 5.02 Å². The standard InChI is InChI=1S/C29H29ClF7NO3S.C2H6.CH2O2/c1-17-7-10-21(16-23(17)30)42(40,41)26-13-14-38(25(39)18-5-3-2-4-6-18)24(26)12-8-19-15-20(9-11-22(19)26)27(31,28(32,33)34)29(35,36)37;1-2;2-1-3/h7,9-11,15-16,18,24H,2-6,8,12-14H2,1H3;1-2H3;1H,(H,2,3). The normalized spacial score (nSPS) is 21.8. The lowest BCUT2D eigenvalue weighted by Crippen LogP contribution is -2.53. The third kappa shape index (κ3) is 6.60. The van der Waals surface area contributed by atoms with E-state index < -0.39 is 44.2 Å². The summed E-state index contributed by atoms with van der Waals surface area (Å²) in [4.78, 5) is 23.4. The van der Waals surface area contributed by atoms with Crippen molar-refractivity contribution in [1.82, 2.24) is 4.90 Å². The highest BCUT2D eigenvalue weighted by Crippen LogP contribution is 2.57. The third-order valence-corrected chi connectivity index (χ3v) is 12.2. The van der Waals surface area contributed by atoms with Gasteiger partial charge < -0.3 is 10.0 Å². The summed E-state index contributed by atoms with van der Waals surface area (Å²) in [7, 11) is -4.43. The molecule has 0 bridgehead atoms. The first-order valence-corrected chi connectivity index (χ1v) is 17.1. The number of halogens is 8. The molecule has 5 rings (SSSR count). The first kappa shape index (κ1) is 38.6. The summed E-state index contributed by atoms with van der Waals surface area (Å²) < 4.78 is 124. The van der Waals surface area contributed by atoms with Crippen LogP contribution in [-0.2, 0) is 36.3 Å². The van der Waals surface area contributed by atoms with Crippen LogP contribution in [-0.4, -0.2) is 55.7 Å². The summed E-state index contributed by atoms with van der Waals surface area (Å²) in [6.45, 7) is 5.46. The zero-order valence-corrected chi connectivity index (χ0v) is 27.6. The van der Waals surface area contributed by atoms with Crippen LogP contribution in [0.1, 0.15) is 81.0 Å². The van der Waals surface area contributed by atoms with Gasteiger partial charge in [-0.2, -0.15) is 26.3 Å². The average Bonchev–Trinajstić information content (AvgIpc) is 3.44. The Balaban J connectivity index is 0.00000114. The zero-order valence-electron chi connectivity index (χ0n) is 26.0. The highest BCUT2D eigenvalue weighted by atomic mass is 35.5. The van der Waals surface area contributed by atoms with Crippen LogP contribution in [0.4, 0.5) is 30.7 Å². The molecular formula is C32H37ClF7NO5S. The predicted octanol–water partition coefficient (Wildman–Crippen LogP) is 8.46. The second-order valence-electron chi connectivity index (χ2n) is 11.6. The van der Waals surface area contributed by atoms with E-state index in [1.807, 2.05) is 13.8 Å². The molecule has 1 aliphatic heterocycles. The quantitative estimate of drug-likeness (QED) is 0.253. The lowest BCUT2D eigenvalue weighted by molar-refractivity contribution is -0.348. The van der Waals surface area contributed by atoms with Crippen LogP contribution in [0.3, 0.4) is 0 Å². The maximum absolute atomic E-state index is 15.0. The van der Waals surface area contributed by atoms with Crippen LogP contribution in [0.25, 0.3) is 0 Å². The monoisotopic (exact) mass is 715 g/mol. The van der Waals surface area contributed by atoms with Crippen molar-refractivity contribution in [2.75, 3.05) is 6.54 Å². The van der Waals surface area contributed by atoms with Gasteiger partial charge >= 0.3 is 18.0 Å². The van der Waals surface area contributed by atoms with E-state index >= 15 is 0 Å². The van der Waals surface area contributed by atoms with Crippen LogP contribution < -0.4 is 0 Å². The Kier molecular flexibility index (Phi) is 11.7. The first-order valence-electron chi connectivity index (χ1n) is 15.2. The smallest absolute Gasteiger partial charge is 0.435 e. The van der Waals surface area contributed by atoms with E-state index in [4.69, 9.17) is 21.5 Å². The maximum atomic E-state index is 15.0. The molecule has 2 atom stereocenters. The van der Waals surface area contributed by atoms with Gasteiger partial charge in [0.2, 0.25) is 5.91 Å². The lowest BCUT2D eigenvalue weighted by Gasteiger charge is -2.43. The van der Waals surface area contributed by atoms with Gasteiger partial charge in [0.05, 0.1) is 10.9 Å². The molecule has 0 aromatic heterocycles. The van der Waals surface area contributed by atoms with Gasteiger partial charge in [0, 0.05) is 23.0 Å². The van der Waals surface area contributed by atoms with Gasteiger partial charge in [-0.05, 0) is 67.9 Å². The predicted molar refractivity (Wildman–Crippen MR) is 161 cm³/mol. The fraction of sp³-hybridized carbons (Fsp3) is 0.562. The van der Waals surface area contributed by atoms with Crippen molar-refractivity contribution in [2.45, 2.75) is 106 Å². The molecular weight excluding hydrogens is 679 g/mol. The summed E-state index contributed by atoms with van der Waals surface area (Å²) in [5.74, 6) is -0.490. The minimum atomic E-state index is -6.31. The molecule has 2 aromatic carbocycles. The van der Waals surface area contributed by atoms with Gasteiger partial charge in [-0.25, -0.2) is 12.8 Å². The van der Waals surface area contributed by atoms with Crippen molar-refractivity contribution in [3.63, 3.8) is 0 Å². The number of carbonyl (C=O) groups excluding carboxylic acids is 1. The number of carboxylic acid groups (broad SMARTS) is 1. The summed E-state index contributed by atoms with van der Waals surface area (Å²) in [5.41, 5.74) is -6.88. The van der Waals surface area contributed by atoms with E-state index in [0.717, 1.165) is 25.3 Å². The summed E-state index contributed by atoms with van der Waals surface area (Å²) in [5, 5.41) is 7.04.